The lowest BCUT2D eigenvalue weighted by atomic mass is 9.64. The van der Waals surface area contributed by atoms with Gasteiger partial charge in [0.05, 0.1) is 5.41 Å². The molecule has 0 amide bonds. The topological polar surface area (TPSA) is 21.6 Å². The van der Waals surface area contributed by atoms with E-state index < -0.39 is 12.7 Å². The summed E-state index contributed by atoms with van der Waals surface area (Å²) in [5, 5.41) is 2.23. The van der Waals surface area contributed by atoms with E-state index in [0.717, 1.165) is 27.6 Å². The van der Waals surface area contributed by atoms with E-state index in [1.54, 1.807) is 0 Å². The van der Waals surface area contributed by atoms with E-state index in [1.165, 1.54) is 22.3 Å². The Morgan fingerprint density at radius 2 is 0.864 bits per heavy atom. The first kappa shape index (κ1) is 28.1. The van der Waals surface area contributed by atoms with Crippen LogP contribution in [0.25, 0.3) is 0 Å². The van der Waals surface area contributed by atoms with Crippen molar-refractivity contribution >= 4 is 23.6 Å². The highest BCUT2D eigenvalue weighted by Crippen LogP contribution is 2.62. The minimum absolute atomic E-state index is 0.196. The molecule has 0 aromatic heterocycles. The molecule has 0 unspecified atom stereocenters. The molecule has 1 aliphatic heterocycles. The maximum Gasteiger partial charge on any atom is 0.197 e. The smallest absolute Gasteiger partial charge is 0.197 e. The molecule has 6 aromatic carbocycles. The third kappa shape index (κ3) is 4.62. The fraction of sp³-hybridized carbons (Fsp3) is 0.122. The van der Waals surface area contributed by atoms with Crippen LogP contribution < -0.4 is 15.1 Å². The Labute approximate surface area is 261 Å². The van der Waals surface area contributed by atoms with Gasteiger partial charge in [-0.1, -0.05) is 148 Å². The monoisotopic (exact) mass is 589 g/mol. The third-order valence-electron chi connectivity index (χ3n) is 8.62. The van der Waals surface area contributed by atoms with Gasteiger partial charge < -0.3 is 4.52 Å². The fourth-order valence-electron chi connectivity index (χ4n) is 6.56. The van der Waals surface area contributed by atoms with Crippen LogP contribution >= 0.6 is 7.28 Å². The SMILES string of the molecule is CC(C)(C)c1cc(C(c2ccccc2)(c2ccccc2)c2ccccc2)cc2c1OP(c1ccccc1)(c1ccccc1)=N2. The van der Waals surface area contributed by atoms with Crippen molar-refractivity contribution in [3.05, 3.63) is 192 Å². The van der Waals surface area contributed by atoms with Crippen molar-refractivity contribution < 1.29 is 4.52 Å². The molecule has 7 rings (SSSR count). The lowest BCUT2D eigenvalue weighted by Crippen LogP contribution is -2.31. The molecule has 0 radical (unpaired) electrons. The van der Waals surface area contributed by atoms with Crippen LogP contribution in [-0.4, -0.2) is 0 Å². The molecule has 1 aliphatic rings. The summed E-state index contributed by atoms with van der Waals surface area (Å²) in [6.07, 6.45) is 0. The van der Waals surface area contributed by atoms with E-state index in [4.69, 9.17) is 9.27 Å². The second-order valence-corrected chi connectivity index (χ2v) is 15.0. The summed E-state index contributed by atoms with van der Waals surface area (Å²) in [5.41, 5.74) is 6.12. The molecule has 0 bridgehead atoms. The largest absolute Gasteiger partial charge is 0.449 e. The molecule has 0 N–H and O–H groups in total. The molecular formula is C41H36NOP. The molecule has 0 saturated heterocycles. The van der Waals surface area contributed by atoms with Gasteiger partial charge in [-0.05, 0) is 64.1 Å². The first-order valence-electron chi connectivity index (χ1n) is 15.2. The Balaban J connectivity index is 1.60. The van der Waals surface area contributed by atoms with E-state index in [0.29, 0.717) is 0 Å². The summed E-state index contributed by atoms with van der Waals surface area (Å²) in [6.45, 7) is 6.82. The summed E-state index contributed by atoms with van der Waals surface area (Å²) in [4.78, 5) is 0. The highest BCUT2D eigenvalue weighted by atomic mass is 31.2. The number of hydrogen-bond acceptors (Lipinski definition) is 2. The molecule has 1 heterocycles. The molecule has 0 fully saturated rings. The molecule has 44 heavy (non-hydrogen) atoms. The molecule has 0 saturated carbocycles. The maximum atomic E-state index is 7.25. The number of rotatable bonds is 6. The highest BCUT2D eigenvalue weighted by molar-refractivity contribution is 7.77. The standard InChI is InChI=1S/C41H36NOP/c1-40(2,3)37-29-34(30-38-39(37)43-44(42-38,35-25-15-7-16-26-35)36-27-17-8-18-28-36)41(31-19-9-4-10-20-31,32-21-11-5-12-22-32)33-23-13-6-14-24-33/h4-30H,1-3H3. The van der Waals surface area contributed by atoms with Crippen LogP contribution in [0.4, 0.5) is 5.69 Å². The molecule has 6 aromatic rings. The van der Waals surface area contributed by atoms with Crippen LogP contribution in [0.5, 0.6) is 5.75 Å². The van der Waals surface area contributed by atoms with Crippen molar-refractivity contribution in [2.24, 2.45) is 4.74 Å². The number of benzene rings is 6. The second kappa shape index (κ2) is 11.1. The van der Waals surface area contributed by atoms with Gasteiger partial charge in [-0.3, -0.25) is 0 Å². The Kier molecular flexibility index (Phi) is 7.11. The first-order chi connectivity index (χ1) is 21.4. The molecule has 3 heteroatoms. The van der Waals surface area contributed by atoms with Crippen molar-refractivity contribution in [2.45, 2.75) is 31.6 Å². The van der Waals surface area contributed by atoms with Gasteiger partial charge >= 0.3 is 0 Å². The lowest BCUT2D eigenvalue weighted by Gasteiger charge is -2.38. The van der Waals surface area contributed by atoms with Crippen LogP contribution in [0.3, 0.4) is 0 Å². The van der Waals surface area contributed by atoms with Crippen LogP contribution in [0.1, 0.15) is 48.6 Å². The van der Waals surface area contributed by atoms with Gasteiger partial charge in [0.1, 0.15) is 5.69 Å². The van der Waals surface area contributed by atoms with Gasteiger partial charge in [-0.15, -0.1) is 0 Å². The third-order valence-corrected chi connectivity index (χ3v) is 11.6. The van der Waals surface area contributed by atoms with Crippen molar-refractivity contribution in [3.63, 3.8) is 0 Å². The summed E-state index contributed by atoms with van der Waals surface area (Å²) in [7, 11) is -2.59. The minimum atomic E-state index is -2.59. The molecule has 0 spiro atoms. The summed E-state index contributed by atoms with van der Waals surface area (Å²) in [6, 6.07) is 58.4. The summed E-state index contributed by atoms with van der Waals surface area (Å²) >= 11 is 0. The predicted molar refractivity (Wildman–Crippen MR) is 185 cm³/mol. The summed E-state index contributed by atoms with van der Waals surface area (Å²) < 4.78 is 12.9. The fourth-order valence-corrected chi connectivity index (χ4v) is 9.40. The van der Waals surface area contributed by atoms with Crippen LogP contribution in [0.15, 0.2) is 169 Å². The van der Waals surface area contributed by atoms with Crippen molar-refractivity contribution in [3.8, 4) is 5.75 Å². The Morgan fingerprint density at radius 3 is 1.25 bits per heavy atom. The van der Waals surface area contributed by atoms with Gasteiger partial charge in [-0.25, -0.2) is 4.74 Å². The Bertz CT molecular complexity index is 1810. The zero-order chi connectivity index (χ0) is 30.2. The average Bonchev–Trinajstić information content (AvgIpc) is 3.48. The molecule has 0 atom stereocenters. The van der Waals surface area contributed by atoms with Crippen LogP contribution in [0, 0.1) is 0 Å². The summed E-state index contributed by atoms with van der Waals surface area (Å²) in [5.74, 6) is 0.894. The first-order valence-corrected chi connectivity index (χ1v) is 16.9. The molecule has 0 aliphatic carbocycles. The maximum absolute atomic E-state index is 7.25. The average molecular weight is 590 g/mol. The minimum Gasteiger partial charge on any atom is -0.449 e. The van der Waals surface area contributed by atoms with Gasteiger partial charge in [-0.2, -0.15) is 0 Å². The van der Waals surface area contributed by atoms with Gasteiger partial charge in [0.2, 0.25) is 0 Å². The highest BCUT2D eigenvalue weighted by Gasteiger charge is 2.43. The molecule has 2 nitrogen and oxygen atoms in total. The van der Waals surface area contributed by atoms with E-state index in [1.807, 2.05) is 0 Å². The number of fused-ring (bicyclic) bond motifs is 1. The van der Waals surface area contributed by atoms with Gasteiger partial charge in [0.15, 0.2) is 13.0 Å². The van der Waals surface area contributed by atoms with Crippen LogP contribution in [-0.2, 0) is 10.8 Å². The molecular weight excluding hydrogens is 553 g/mol. The Morgan fingerprint density at radius 1 is 0.477 bits per heavy atom. The molecule has 216 valence electrons. The van der Waals surface area contributed by atoms with Gasteiger partial charge in [0, 0.05) is 16.2 Å². The van der Waals surface area contributed by atoms with Crippen LogP contribution in [0.2, 0.25) is 0 Å². The van der Waals surface area contributed by atoms with Crippen molar-refractivity contribution in [1.29, 1.82) is 0 Å². The lowest BCUT2D eigenvalue weighted by molar-refractivity contribution is 0.542. The van der Waals surface area contributed by atoms with Gasteiger partial charge in [0.25, 0.3) is 0 Å². The Hall–Kier alpha value is -4.65. The van der Waals surface area contributed by atoms with E-state index in [-0.39, 0.29) is 5.41 Å². The zero-order valence-corrected chi connectivity index (χ0v) is 26.3. The van der Waals surface area contributed by atoms with E-state index in [2.05, 4.69) is 185 Å². The quantitative estimate of drug-likeness (QED) is 0.140. The second-order valence-electron chi connectivity index (χ2n) is 12.4. The van der Waals surface area contributed by atoms with Crippen molar-refractivity contribution in [1.82, 2.24) is 0 Å². The normalized spacial score (nSPS) is 13.9. The van der Waals surface area contributed by atoms with E-state index in [9.17, 15) is 0 Å². The number of hydrogen-bond donors (Lipinski definition) is 0. The van der Waals surface area contributed by atoms with Crippen molar-refractivity contribution in [2.75, 3.05) is 0 Å². The number of nitrogens with zero attached hydrogens (tertiary/aromatic N) is 1. The zero-order valence-electron chi connectivity index (χ0n) is 25.4. The predicted octanol–water partition coefficient (Wildman–Crippen LogP) is 10.2. The van der Waals surface area contributed by atoms with E-state index >= 15 is 0 Å².